The van der Waals surface area contributed by atoms with Crippen LogP contribution in [-0.2, 0) is 10.1 Å². The third-order valence-electron chi connectivity index (χ3n) is 1.04. The van der Waals surface area contributed by atoms with E-state index in [2.05, 4.69) is 4.98 Å². The van der Waals surface area contributed by atoms with E-state index in [4.69, 9.17) is 10.3 Å². The number of aromatic nitrogens is 1. The second-order valence-corrected chi connectivity index (χ2v) is 3.21. The Kier molecular flexibility index (Phi) is 1.79. The summed E-state index contributed by atoms with van der Waals surface area (Å²) in [7, 11) is -4.27. The van der Waals surface area contributed by atoms with E-state index in [9.17, 15) is 8.42 Å². The van der Waals surface area contributed by atoms with Gasteiger partial charge in [-0.15, -0.1) is 0 Å². The van der Waals surface area contributed by atoms with Crippen molar-refractivity contribution in [1.82, 2.24) is 4.98 Å². The molecule has 0 saturated heterocycles. The molecule has 1 heterocycles. The fourth-order valence-electron chi connectivity index (χ4n) is 0.619. The zero-order valence-corrected chi connectivity index (χ0v) is 6.25. The molecule has 1 rings (SSSR count). The van der Waals surface area contributed by atoms with Gasteiger partial charge in [-0.05, 0) is 12.1 Å². The van der Waals surface area contributed by atoms with Gasteiger partial charge in [0.2, 0.25) is 5.03 Å². The molecule has 0 aliphatic rings. The lowest BCUT2D eigenvalue weighted by atomic mass is 10.4. The highest BCUT2D eigenvalue weighted by Gasteiger charge is 2.13. The number of rotatable bonds is 1. The predicted octanol–water partition coefficient (Wildman–Crippen LogP) is -0.0895. The minimum atomic E-state index is -4.27. The summed E-state index contributed by atoms with van der Waals surface area (Å²) in [4.78, 5) is 3.39. The highest BCUT2D eigenvalue weighted by Crippen LogP contribution is 2.12. The molecule has 0 spiro atoms. The van der Waals surface area contributed by atoms with Gasteiger partial charge in [0.05, 0.1) is 5.69 Å². The maximum atomic E-state index is 10.5. The third kappa shape index (κ3) is 1.66. The van der Waals surface area contributed by atoms with Crippen molar-refractivity contribution >= 4 is 15.8 Å². The standard InChI is InChI=1S/C5H6N2O3S/c6-4-2-1-3-7-5(4)11(8,9)10/h1-3H,6H2,(H,8,9,10). The van der Waals surface area contributed by atoms with Crippen LogP contribution in [0.3, 0.4) is 0 Å². The molecular weight excluding hydrogens is 168 g/mol. The van der Waals surface area contributed by atoms with Crippen LogP contribution in [0.15, 0.2) is 23.4 Å². The zero-order chi connectivity index (χ0) is 8.48. The van der Waals surface area contributed by atoms with E-state index in [1.165, 1.54) is 18.3 Å². The summed E-state index contributed by atoms with van der Waals surface area (Å²) in [5.74, 6) is 0. The topological polar surface area (TPSA) is 93.3 Å². The summed E-state index contributed by atoms with van der Waals surface area (Å²) in [6, 6.07) is 2.82. The van der Waals surface area contributed by atoms with Crippen molar-refractivity contribution in [2.45, 2.75) is 5.03 Å². The SMILES string of the molecule is Nc1cccnc1S(=O)(=O)O. The van der Waals surface area contributed by atoms with Gasteiger partial charge in [0.25, 0.3) is 0 Å². The van der Waals surface area contributed by atoms with Crippen LogP contribution in [0.5, 0.6) is 0 Å². The van der Waals surface area contributed by atoms with Crippen LogP contribution >= 0.6 is 0 Å². The number of nitrogens with zero attached hydrogens (tertiary/aromatic N) is 1. The van der Waals surface area contributed by atoms with Crippen molar-refractivity contribution in [3.8, 4) is 0 Å². The van der Waals surface area contributed by atoms with Crippen molar-refractivity contribution in [2.24, 2.45) is 0 Å². The third-order valence-corrected chi connectivity index (χ3v) is 1.87. The van der Waals surface area contributed by atoms with E-state index >= 15 is 0 Å². The Morgan fingerprint density at radius 2 is 2.18 bits per heavy atom. The Labute approximate surface area is 63.6 Å². The Hall–Kier alpha value is -1.14. The second-order valence-electron chi connectivity index (χ2n) is 1.87. The van der Waals surface area contributed by atoms with Crippen molar-refractivity contribution in [2.75, 3.05) is 5.73 Å². The first-order chi connectivity index (χ1) is 5.02. The second kappa shape index (κ2) is 2.48. The van der Waals surface area contributed by atoms with Crippen molar-refractivity contribution in [3.05, 3.63) is 18.3 Å². The molecule has 60 valence electrons. The minimum absolute atomic E-state index is 0.0602. The molecule has 0 fully saturated rings. The molecule has 6 heteroatoms. The van der Waals surface area contributed by atoms with Crippen molar-refractivity contribution in [1.29, 1.82) is 0 Å². The van der Waals surface area contributed by atoms with Gasteiger partial charge in [-0.2, -0.15) is 8.42 Å². The van der Waals surface area contributed by atoms with Crippen molar-refractivity contribution in [3.63, 3.8) is 0 Å². The fraction of sp³-hybridized carbons (Fsp3) is 0. The van der Waals surface area contributed by atoms with Gasteiger partial charge in [-0.3, -0.25) is 4.55 Å². The molecule has 0 aliphatic carbocycles. The Morgan fingerprint density at radius 3 is 2.55 bits per heavy atom. The summed E-state index contributed by atoms with van der Waals surface area (Å²) >= 11 is 0. The molecule has 3 N–H and O–H groups in total. The number of anilines is 1. The van der Waals surface area contributed by atoms with Gasteiger partial charge >= 0.3 is 10.1 Å². The number of nitrogens with two attached hydrogens (primary N) is 1. The summed E-state index contributed by atoms with van der Waals surface area (Å²) < 4.78 is 29.4. The summed E-state index contributed by atoms with van der Waals surface area (Å²) in [6.07, 6.45) is 1.24. The molecule has 11 heavy (non-hydrogen) atoms. The predicted molar refractivity (Wildman–Crippen MR) is 38.5 cm³/mol. The first-order valence-electron chi connectivity index (χ1n) is 2.70. The lowest BCUT2D eigenvalue weighted by molar-refractivity contribution is 0.480. The number of pyridine rings is 1. The van der Waals surface area contributed by atoms with Gasteiger partial charge in [0.15, 0.2) is 0 Å². The summed E-state index contributed by atoms with van der Waals surface area (Å²) in [5, 5.41) is -0.500. The van der Waals surface area contributed by atoms with Gasteiger partial charge in [0, 0.05) is 6.20 Å². The molecule has 0 bridgehead atoms. The van der Waals surface area contributed by atoms with Crippen LogP contribution in [0.25, 0.3) is 0 Å². The van der Waals surface area contributed by atoms with Crippen molar-refractivity contribution < 1.29 is 13.0 Å². The molecule has 1 aromatic rings. The molecular formula is C5H6N2O3S. The Bertz CT molecular complexity index is 360. The Morgan fingerprint density at radius 1 is 1.55 bits per heavy atom. The molecule has 0 aliphatic heterocycles. The van der Waals surface area contributed by atoms with Crippen LogP contribution in [0, 0.1) is 0 Å². The minimum Gasteiger partial charge on any atom is -0.396 e. The molecule has 0 unspecified atom stereocenters. The van der Waals surface area contributed by atoms with E-state index in [1.54, 1.807) is 0 Å². The smallest absolute Gasteiger partial charge is 0.314 e. The largest absolute Gasteiger partial charge is 0.396 e. The van der Waals surface area contributed by atoms with Crippen LogP contribution in [0.2, 0.25) is 0 Å². The normalized spacial score (nSPS) is 11.4. The monoisotopic (exact) mass is 174 g/mol. The van der Waals surface area contributed by atoms with Crippen LogP contribution in [0.4, 0.5) is 5.69 Å². The highest BCUT2D eigenvalue weighted by molar-refractivity contribution is 7.85. The lowest BCUT2D eigenvalue weighted by Gasteiger charge is -1.97. The molecule has 0 amide bonds. The first kappa shape index (κ1) is 7.96. The van der Waals surface area contributed by atoms with E-state index in [1.807, 2.05) is 0 Å². The van der Waals surface area contributed by atoms with Crippen LogP contribution < -0.4 is 5.73 Å². The number of nitrogen functional groups attached to an aromatic ring is 1. The highest BCUT2D eigenvalue weighted by atomic mass is 32.2. The lowest BCUT2D eigenvalue weighted by Crippen LogP contribution is -2.04. The molecule has 0 saturated carbocycles. The average Bonchev–Trinajstić information content (AvgIpc) is 1.86. The summed E-state index contributed by atoms with van der Waals surface area (Å²) in [6.45, 7) is 0. The number of hydrogen-bond acceptors (Lipinski definition) is 4. The molecule has 0 radical (unpaired) electrons. The van der Waals surface area contributed by atoms with Gasteiger partial charge in [0.1, 0.15) is 0 Å². The van der Waals surface area contributed by atoms with Gasteiger partial charge < -0.3 is 5.73 Å². The summed E-state index contributed by atoms with van der Waals surface area (Å²) in [5.41, 5.74) is 5.14. The molecule has 5 nitrogen and oxygen atoms in total. The average molecular weight is 174 g/mol. The first-order valence-corrected chi connectivity index (χ1v) is 4.14. The maximum absolute atomic E-state index is 10.5. The molecule has 1 aromatic heterocycles. The quantitative estimate of drug-likeness (QED) is 0.580. The molecule has 0 atom stereocenters. The van der Waals surface area contributed by atoms with Crippen LogP contribution in [-0.4, -0.2) is 18.0 Å². The van der Waals surface area contributed by atoms with Gasteiger partial charge in [-0.25, -0.2) is 4.98 Å². The van der Waals surface area contributed by atoms with Crippen LogP contribution in [0.1, 0.15) is 0 Å². The van der Waals surface area contributed by atoms with E-state index < -0.39 is 15.1 Å². The zero-order valence-electron chi connectivity index (χ0n) is 5.43. The molecule has 0 aromatic carbocycles. The maximum Gasteiger partial charge on any atom is 0.314 e. The Balaban J connectivity index is 3.37. The van der Waals surface area contributed by atoms with Gasteiger partial charge in [-0.1, -0.05) is 0 Å². The fourth-order valence-corrected chi connectivity index (χ4v) is 1.18. The number of hydrogen-bond donors (Lipinski definition) is 2. The van der Waals surface area contributed by atoms with E-state index in [0.717, 1.165) is 0 Å². The van der Waals surface area contributed by atoms with E-state index in [0.29, 0.717) is 0 Å². The van der Waals surface area contributed by atoms with E-state index in [-0.39, 0.29) is 5.69 Å².